The topological polar surface area (TPSA) is 150 Å². The van der Waals surface area contributed by atoms with Crippen LogP contribution < -0.4 is 9.97 Å². The first-order chi connectivity index (χ1) is 23.4. The second-order valence-corrected chi connectivity index (χ2v) is 12.2. The predicted octanol–water partition coefficient (Wildman–Crippen LogP) is 6.26. The zero-order valence-electron chi connectivity index (χ0n) is 29.5. The molecule has 5 heterocycles. The van der Waals surface area contributed by atoms with E-state index in [0.717, 1.165) is 39.0 Å². The van der Waals surface area contributed by atoms with E-state index in [1.807, 2.05) is 52.0 Å². The number of nitrogens with zero attached hydrogens (tertiary/aromatic N) is 4. The van der Waals surface area contributed by atoms with Crippen molar-refractivity contribution in [1.29, 1.82) is 0 Å². The molecule has 3 aromatic rings. The fraction of sp³-hybridized carbons (Fsp3) is 0.368. The smallest absolute Gasteiger partial charge is 0.657 e. The molecule has 1 radical (unpaired) electrons. The molecule has 50 heavy (non-hydrogen) atoms. The molecule has 0 saturated heterocycles. The van der Waals surface area contributed by atoms with Crippen molar-refractivity contribution in [1.82, 2.24) is 19.9 Å². The Morgan fingerprint density at radius 1 is 0.580 bits per heavy atom. The molecule has 12 heteroatoms. The summed E-state index contributed by atoms with van der Waals surface area (Å²) in [5, 5.41) is 0. The van der Waals surface area contributed by atoms with Gasteiger partial charge in [0.1, 0.15) is 0 Å². The summed E-state index contributed by atoms with van der Waals surface area (Å²) in [4.78, 5) is 69.5. The normalized spacial score (nSPS) is 12.5. The molecule has 5 rings (SSSR count). The summed E-state index contributed by atoms with van der Waals surface area (Å²) in [6.45, 7) is 9.22. The minimum Gasteiger partial charge on any atom is -0.657 e. The molecule has 0 saturated carbocycles. The van der Waals surface area contributed by atoms with Crippen LogP contribution in [0.1, 0.15) is 103 Å². The summed E-state index contributed by atoms with van der Waals surface area (Å²) in [5.41, 5.74) is 11.3. The zero-order chi connectivity index (χ0) is 35.6. The van der Waals surface area contributed by atoms with Gasteiger partial charge in [-0.15, -0.1) is 22.1 Å². The molecule has 0 aliphatic carbocycles. The van der Waals surface area contributed by atoms with Gasteiger partial charge in [0.25, 0.3) is 0 Å². The van der Waals surface area contributed by atoms with Crippen LogP contribution in [-0.4, -0.2) is 55.0 Å². The first kappa shape index (κ1) is 38.0. The van der Waals surface area contributed by atoms with Gasteiger partial charge >= 0.3 is 35.0 Å². The summed E-state index contributed by atoms with van der Waals surface area (Å²) in [7, 11) is 4.08. The van der Waals surface area contributed by atoms with Crippen LogP contribution in [0, 0.1) is 13.8 Å². The number of methoxy groups -OCH3 is 3. The van der Waals surface area contributed by atoms with Gasteiger partial charge in [0.15, 0.2) is 5.78 Å². The Hall–Kier alpha value is -4.80. The molecule has 0 fully saturated rings. The molecular weight excluding hydrogens is 688 g/mol. The number of Topliss-reactive ketones (excluding diaryl/α,β-unsaturated/α-hetero) is 1. The molecule has 0 atom stereocenters. The Balaban J connectivity index is 0.00000562. The van der Waals surface area contributed by atoms with E-state index in [2.05, 4.69) is 0 Å². The maximum absolute atomic E-state index is 13.0. The monoisotopic (exact) mass is 727 g/mol. The van der Waals surface area contributed by atoms with E-state index in [1.165, 1.54) is 28.3 Å². The quantitative estimate of drug-likeness (QED) is 0.101. The molecule has 0 N–H and O–H groups in total. The van der Waals surface area contributed by atoms with E-state index in [-0.39, 0.29) is 60.0 Å². The van der Waals surface area contributed by atoms with Crippen molar-refractivity contribution >= 4 is 68.1 Å². The van der Waals surface area contributed by atoms with Crippen LogP contribution in [0.3, 0.4) is 0 Å². The first-order valence-electron chi connectivity index (χ1n) is 16.1. The average Bonchev–Trinajstić information content (AvgIpc) is 3.74. The third-order valence-electron chi connectivity index (χ3n) is 9.28. The third kappa shape index (κ3) is 7.66. The Labute approximate surface area is 301 Å². The molecule has 3 aromatic heterocycles. The van der Waals surface area contributed by atoms with Crippen LogP contribution in [0.15, 0.2) is 24.3 Å². The Morgan fingerprint density at radius 3 is 1.46 bits per heavy atom. The second-order valence-electron chi connectivity index (χ2n) is 12.2. The van der Waals surface area contributed by atoms with E-state index >= 15 is 0 Å². The van der Waals surface area contributed by atoms with Gasteiger partial charge in [0.05, 0.1) is 44.1 Å². The van der Waals surface area contributed by atoms with E-state index in [1.54, 1.807) is 0 Å². The summed E-state index contributed by atoms with van der Waals surface area (Å²) < 4.78 is 14.8. The zero-order valence-corrected chi connectivity index (χ0v) is 30.4. The van der Waals surface area contributed by atoms with Crippen LogP contribution in [0.2, 0.25) is 0 Å². The minimum atomic E-state index is -0.341. The van der Waals surface area contributed by atoms with Gasteiger partial charge in [-0.05, 0) is 76.2 Å². The number of aromatic nitrogens is 4. The van der Waals surface area contributed by atoms with Crippen LogP contribution in [-0.2, 0) is 52.1 Å². The van der Waals surface area contributed by atoms with Gasteiger partial charge in [-0.25, -0.2) is 9.97 Å². The van der Waals surface area contributed by atoms with Crippen molar-refractivity contribution in [2.75, 3.05) is 21.3 Å². The van der Waals surface area contributed by atoms with Gasteiger partial charge in [-0.1, -0.05) is 41.0 Å². The number of rotatable bonds is 10. The van der Waals surface area contributed by atoms with Gasteiger partial charge in [0, 0.05) is 24.8 Å². The van der Waals surface area contributed by atoms with Crippen LogP contribution >= 0.6 is 0 Å². The predicted molar refractivity (Wildman–Crippen MR) is 186 cm³/mol. The van der Waals surface area contributed by atoms with Crippen molar-refractivity contribution < 1.29 is 50.5 Å². The van der Waals surface area contributed by atoms with Gasteiger partial charge < -0.3 is 24.2 Å². The van der Waals surface area contributed by atoms with Crippen molar-refractivity contribution in [2.45, 2.75) is 73.1 Å². The fourth-order valence-electron chi connectivity index (χ4n) is 6.39. The van der Waals surface area contributed by atoms with E-state index < -0.39 is 0 Å². The number of ketones is 1. The van der Waals surface area contributed by atoms with E-state index in [4.69, 9.17) is 34.1 Å². The standard InChI is InChI=1S/C38H41N4O7.Cu/c1-19-25(10-13-36(45)48-7)32-18-33-26(11-14-37(46)49-8)20(2)28(40-33)16-31-24(9-12-35(44)47-6)21(3)29(41-31)17-34-38(23(5)43)22(4)30(42-34)15-27(19)39-32;/h15-18H,9-14H2,1-8H3,(H-,39,40,41,42,43);/q-1;+2/p-1. The molecule has 2 aliphatic heterocycles. The average molecular weight is 728 g/mol. The maximum atomic E-state index is 13.0. The van der Waals surface area contributed by atoms with E-state index in [9.17, 15) is 19.2 Å². The summed E-state index contributed by atoms with van der Waals surface area (Å²) in [6.07, 6.45) is 1.62. The summed E-state index contributed by atoms with van der Waals surface area (Å²) >= 11 is 0. The van der Waals surface area contributed by atoms with Crippen molar-refractivity contribution in [3.63, 3.8) is 0 Å². The number of hydrogen-bond acceptors (Lipinski definition) is 9. The Morgan fingerprint density at radius 2 is 0.980 bits per heavy atom. The second kappa shape index (κ2) is 15.8. The maximum Gasteiger partial charge on any atom is 2.00 e. The first-order valence-corrected chi connectivity index (χ1v) is 16.1. The molecule has 11 nitrogen and oxygen atoms in total. The number of carbonyl (C=O) groups is 4. The number of fused-ring (bicyclic) bond motifs is 8. The number of ether oxygens (including phenoxy) is 3. The van der Waals surface area contributed by atoms with Gasteiger partial charge in [0.2, 0.25) is 0 Å². The van der Waals surface area contributed by atoms with Crippen molar-refractivity contribution in [3.05, 3.63) is 69.3 Å². The molecule has 2 aliphatic rings. The number of carbonyl (C=O) groups excluding carboxylic acids is 4. The molecule has 0 aromatic carbocycles. The van der Waals surface area contributed by atoms with Gasteiger partial charge in [-0.3, -0.25) is 19.2 Å². The van der Waals surface area contributed by atoms with Crippen molar-refractivity contribution in [2.24, 2.45) is 0 Å². The van der Waals surface area contributed by atoms with Crippen LogP contribution in [0.4, 0.5) is 0 Å². The molecule has 0 spiro atoms. The number of esters is 3. The molecule has 0 unspecified atom stereocenters. The number of aryl methyl sites for hydroxylation is 3. The van der Waals surface area contributed by atoms with Crippen LogP contribution in [0.5, 0.6) is 0 Å². The number of hydrogen-bond donors (Lipinski definition) is 0. The third-order valence-corrected chi connectivity index (χ3v) is 9.28. The molecular formula is C38H40CuN4O7. The summed E-state index contributed by atoms with van der Waals surface area (Å²) in [5.74, 6) is -1.15. The molecule has 8 bridgehead atoms. The SMILES string of the molecule is COC(=O)CCC1=C(C)c2cc3[n-]c(cc4nc(cc5[n-]c(cc1n2)c(C)c5CCC(=O)OC)C(CCC(=O)OC)=C4C)c(C)c3C(C)=O.[Cu+2]. The number of allylic oxidation sites excluding steroid dienone is 4. The Kier molecular flexibility index (Phi) is 12.0. The Bertz CT molecular complexity index is 2120. The summed E-state index contributed by atoms with van der Waals surface area (Å²) in [6, 6.07) is 7.45. The van der Waals surface area contributed by atoms with Crippen molar-refractivity contribution in [3.8, 4) is 0 Å². The van der Waals surface area contributed by atoms with Crippen LogP contribution in [0.25, 0.3) is 44.4 Å². The largest absolute Gasteiger partial charge is 2.00 e. The molecule has 0 amide bonds. The van der Waals surface area contributed by atoms with Gasteiger partial charge in [-0.2, -0.15) is 0 Å². The van der Waals surface area contributed by atoms with E-state index in [0.29, 0.717) is 69.7 Å². The molecule has 265 valence electrons. The minimum absolute atomic E-state index is 0. The fourth-order valence-corrected chi connectivity index (χ4v) is 6.39.